The van der Waals surface area contributed by atoms with E-state index in [2.05, 4.69) is 113 Å². The summed E-state index contributed by atoms with van der Waals surface area (Å²) in [4.78, 5) is 0. The van der Waals surface area contributed by atoms with E-state index in [1.54, 1.807) is 6.07 Å². The van der Waals surface area contributed by atoms with E-state index in [1.165, 1.54) is 15.9 Å². The first-order valence-corrected chi connectivity index (χ1v) is 11.8. The summed E-state index contributed by atoms with van der Waals surface area (Å²) in [5, 5.41) is 13.5. The van der Waals surface area contributed by atoms with Crippen molar-refractivity contribution >= 4 is 39.8 Å². The van der Waals surface area contributed by atoms with E-state index in [4.69, 9.17) is 5.26 Å². The number of rotatable bonds is 4. The van der Waals surface area contributed by atoms with Gasteiger partial charge in [0.2, 0.25) is 0 Å². The van der Waals surface area contributed by atoms with Crippen molar-refractivity contribution in [1.82, 2.24) is 0 Å². The molecular formula is C26H21BrNP. The molecule has 3 heteroatoms. The maximum Gasteiger partial charge on any atom is 0.0991 e. The Labute approximate surface area is 182 Å². The van der Waals surface area contributed by atoms with Crippen LogP contribution in [0.5, 0.6) is 0 Å². The molecule has 0 atom stereocenters. The van der Waals surface area contributed by atoms with Gasteiger partial charge in [0.15, 0.2) is 0 Å². The minimum Gasteiger partial charge on any atom is -0.192 e. The number of nitriles is 1. The minimum atomic E-state index is -0.446. The summed E-state index contributed by atoms with van der Waals surface area (Å²) in [7, 11) is -0.446. The smallest absolute Gasteiger partial charge is 0.0991 e. The second-order valence-corrected chi connectivity index (χ2v) is 9.07. The van der Waals surface area contributed by atoms with Gasteiger partial charge in [-0.1, -0.05) is 119 Å². The van der Waals surface area contributed by atoms with E-state index in [1.807, 2.05) is 18.2 Å². The Hall–Kier alpha value is -2.72. The standard InChI is InChI=1S/C18H15P.C8H6BrN/c1-4-10-16(11-5-1)19(17-12-6-2-7-13-17)18-14-8-3-9-15-18;9-5-7-2-1-3-8(4-7)6-10/h1-15H;1-4H,5H2. The minimum absolute atomic E-state index is 0.446. The predicted octanol–water partition coefficient (Wildman–Crippen LogP) is 5.90. The Bertz CT molecular complexity index is 950. The summed E-state index contributed by atoms with van der Waals surface area (Å²) >= 11 is 3.31. The lowest BCUT2D eigenvalue weighted by atomic mass is 10.2. The van der Waals surface area contributed by atoms with Gasteiger partial charge in [0.1, 0.15) is 0 Å². The summed E-state index contributed by atoms with van der Waals surface area (Å²) in [6.07, 6.45) is 0. The molecule has 4 aromatic rings. The molecular weight excluding hydrogens is 437 g/mol. The number of halogens is 1. The third-order valence-electron chi connectivity index (χ3n) is 4.25. The molecule has 1 nitrogen and oxygen atoms in total. The number of nitrogens with zero attached hydrogens (tertiary/aromatic N) is 1. The van der Waals surface area contributed by atoms with Gasteiger partial charge in [-0.3, -0.25) is 0 Å². The molecule has 0 amide bonds. The average Bonchev–Trinajstić information content (AvgIpc) is 2.82. The molecule has 0 aromatic heterocycles. The van der Waals surface area contributed by atoms with E-state index in [0.29, 0.717) is 0 Å². The fourth-order valence-electron chi connectivity index (χ4n) is 2.90. The van der Waals surface area contributed by atoms with E-state index in [9.17, 15) is 0 Å². The molecule has 0 N–H and O–H groups in total. The molecule has 0 saturated carbocycles. The summed E-state index contributed by atoms with van der Waals surface area (Å²) < 4.78 is 0. The second-order valence-electron chi connectivity index (χ2n) is 6.29. The average molecular weight is 458 g/mol. The molecule has 4 aromatic carbocycles. The number of alkyl halides is 1. The molecule has 0 aliphatic rings. The van der Waals surface area contributed by atoms with Crippen LogP contribution in [0.2, 0.25) is 0 Å². The third kappa shape index (κ3) is 6.13. The van der Waals surface area contributed by atoms with Crippen molar-refractivity contribution in [1.29, 1.82) is 5.26 Å². The highest BCUT2D eigenvalue weighted by Gasteiger charge is 2.14. The molecule has 0 aliphatic carbocycles. The zero-order valence-electron chi connectivity index (χ0n) is 15.9. The van der Waals surface area contributed by atoms with Crippen LogP contribution in [-0.4, -0.2) is 0 Å². The molecule has 0 unspecified atom stereocenters. The molecule has 4 rings (SSSR count). The van der Waals surface area contributed by atoms with Gasteiger partial charge in [0, 0.05) is 5.33 Å². The Balaban J connectivity index is 0.000000204. The predicted molar refractivity (Wildman–Crippen MR) is 129 cm³/mol. The zero-order chi connectivity index (χ0) is 20.3. The highest BCUT2D eigenvalue weighted by molar-refractivity contribution is 9.08. The fourth-order valence-corrected chi connectivity index (χ4v) is 5.56. The first-order valence-electron chi connectivity index (χ1n) is 9.32. The van der Waals surface area contributed by atoms with Gasteiger partial charge in [-0.05, 0) is 41.5 Å². The molecule has 0 radical (unpaired) electrons. The van der Waals surface area contributed by atoms with Gasteiger partial charge in [-0.15, -0.1) is 0 Å². The monoisotopic (exact) mass is 457 g/mol. The van der Waals surface area contributed by atoms with E-state index in [0.717, 1.165) is 16.5 Å². The van der Waals surface area contributed by atoms with Gasteiger partial charge in [0.25, 0.3) is 0 Å². The maximum atomic E-state index is 8.49. The normalized spacial score (nSPS) is 9.97. The molecule has 142 valence electrons. The van der Waals surface area contributed by atoms with Crippen LogP contribution in [0.25, 0.3) is 0 Å². The largest absolute Gasteiger partial charge is 0.192 e. The first-order chi connectivity index (χ1) is 14.3. The van der Waals surface area contributed by atoms with Crippen molar-refractivity contribution in [3.63, 3.8) is 0 Å². The Morgan fingerprint density at radius 3 is 1.45 bits per heavy atom. The van der Waals surface area contributed by atoms with Crippen molar-refractivity contribution in [2.75, 3.05) is 0 Å². The Morgan fingerprint density at radius 2 is 1.07 bits per heavy atom. The topological polar surface area (TPSA) is 23.8 Å². The van der Waals surface area contributed by atoms with Crippen molar-refractivity contribution in [2.45, 2.75) is 5.33 Å². The Morgan fingerprint density at radius 1 is 0.621 bits per heavy atom. The molecule has 29 heavy (non-hydrogen) atoms. The maximum absolute atomic E-state index is 8.49. The zero-order valence-corrected chi connectivity index (χ0v) is 18.4. The van der Waals surface area contributed by atoms with Gasteiger partial charge in [-0.25, -0.2) is 0 Å². The SMILES string of the molecule is N#Cc1cccc(CBr)c1.c1ccc(P(c2ccccc2)c2ccccc2)cc1. The third-order valence-corrected chi connectivity index (χ3v) is 7.34. The summed E-state index contributed by atoms with van der Waals surface area (Å²) in [5.41, 5.74) is 1.86. The highest BCUT2D eigenvalue weighted by Crippen LogP contribution is 2.32. The fraction of sp³-hybridized carbons (Fsp3) is 0.0385. The van der Waals surface area contributed by atoms with Gasteiger partial charge >= 0.3 is 0 Å². The molecule has 0 spiro atoms. The lowest BCUT2D eigenvalue weighted by Crippen LogP contribution is -2.20. The molecule has 0 fully saturated rings. The quantitative estimate of drug-likeness (QED) is 0.276. The second kappa shape index (κ2) is 11.3. The van der Waals surface area contributed by atoms with Crippen LogP contribution in [0.4, 0.5) is 0 Å². The van der Waals surface area contributed by atoms with Crippen molar-refractivity contribution < 1.29 is 0 Å². The number of hydrogen-bond acceptors (Lipinski definition) is 1. The van der Waals surface area contributed by atoms with E-state index >= 15 is 0 Å². The summed E-state index contributed by atoms with van der Waals surface area (Å²) in [6, 6.07) is 41.9. The van der Waals surface area contributed by atoms with Crippen LogP contribution in [0, 0.1) is 11.3 Å². The van der Waals surface area contributed by atoms with Crippen molar-refractivity contribution in [2.24, 2.45) is 0 Å². The van der Waals surface area contributed by atoms with Gasteiger partial charge in [0.05, 0.1) is 11.6 Å². The lowest BCUT2D eigenvalue weighted by molar-refractivity contribution is 1.40. The molecule has 0 saturated heterocycles. The first kappa shape index (κ1) is 21.0. The van der Waals surface area contributed by atoms with Crippen LogP contribution < -0.4 is 15.9 Å². The lowest BCUT2D eigenvalue weighted by Gasteiger charge is -2.18. The summed E-state index contributed by atoms with van der Waals surface area (Å²) in [5.74, 6) is 0. The van der Waals surface area contributed by atoms with Gasteiger partial charge in [-0.2, -0.15) is 5.26 Å². The van der Waals surface area contributed by atoms with E-state index in [-0.39, 0.29) is 0 Å². The van der Waals surface area contributed by atoms with Crippen LogP contribution in [0.1, 0.15) is 11.1 Å². The molecule has 0 heterocycles. The van der Waals surface area contributed by atoms with E-state index < -0.39 is 7.92 Å². The highest BCUT2D eigenvalue weighted by atomic mass is 79.9. The summed E-state index contributed by atoms with van der Waals surface area (Å²) in [6.45, 7) is 0. The molecule has 0 bridgehead atoms. The van der Waals surface area contributed by atoms with Crippen molar-refractivity contribution in [3.05, 3.63) is 126 Å². The van der Waals surface area contributed by atoms with Crippen LogP contribution in [0.3, 0.4) is 0 Å². The molecule has 0 aliphatic heterocycles. The van der Waals surface area contributed by atoms with Crippen LogP contribution in [-0.2, 0) is 5.33 Å². The van der Waals surface area contributed by atoms with Crippen molar-refractivity contribution in [3.8, 4) is 6.07 Å². The van der Waals surface area contributed by atoms with Crippen LogP contribution in [0.15, 0.2) is 115 Å². The van der Waals surface area contributed by atoms with Crippen LogP contribution >= 0.6 is 23.9 Å². The van der Waals surface area contributed by atoms with Gasteiger partial charge < -0.3 is 0 Å². The Kier molecular flexibility index (Phi) is 8.20. The number of hydrogen-bond donors (Lipinski definition) is 0. The number of benzene rings is 4.